The van der Waals surface area contributed by atoms with Gasteiger partial charge in [0.15, 0.2) is 0 Å². The highest BCUT2D eigenvalue weighted by atomic mass is 19.1. The van der Waals surface area contributed by atoms with E-state index in [1.54, 1.807) is 19.2 Å². The molecule has 9 nitrogen and oxygen atoms in total. The summed E-state index contributed by atoms with van der Waals surface area (Å²) < 4.78 is 19.8. The van der Waals surface area contributed by atoms with Crippen molar-refractivity contribution in [3.8, 4) is 5.75 Å². The molecular formula is C24H27FN6O3. The molecule has 2 heterocycles. The fourth-order valence-corrected chi connectivity index (χ4v) is 4.20. The Hall–Kier alpha value is -3.95. The van der Waals surface area contributed by atoms with Gasteiger partial charge in [-0.3, -0.25) is 15.0 Å². The van der Waals surface area contributed by atoms with Crippen LogP contribution in [0.15, 0.2) is 36.4 Å². The van der Waals surface area contributed by atoms with Crippen LogP contribution in [-0.4, -0.2) is 47.5 Å². The molecule has 2 amide bonds. The summed E-state index contributed by atoms with van der Waals surface area (Å²) in [5, 5.41) is 15.9. The lowest BCUT2D eigenvalue weighted by atomic mass is 10.0. The molecular weight excluding hydrogens is 439 g/mol. The predicted molar refractivity (Wildman–Crippen MR) is 126 cm³/mol. The van der Waals surface area contributed by atoms with Gasteiger partial charge in [0.05, 0.1) is 35.3 Å². The zero-order valence-electron chi connectivity index (χ0n) is 19.1. The number of fused-ring (bicyclic) bond motifs is 2. The molecule has 4 N–H and O–H groups in total. The third-order valence-corrected chi connectivity index (χ3v) is 5.94. The largest absolute Gasteiger partial charge is 0.497 e. The average molecular weight is 467 g/mol. The van der Waals surface area contributed by atoms with E-state index in [-0.39, 0.29) is 17.6 Å². The number of rotatable bonds is 9. The van der Waals surface area contributed by atoms with Crippen molar-refractivity contribution in [2.45, 2.75) is 25.4 Å². The Bertz CT molecular complexity index is 1250. The molecule has 0 spiro atoms. The van der Waals surface area contributed by atoms with Crippen molar-refractivity contribution >= 4 is 28.7 Å². The van der Waals surface area contributed by atoms with Gasteiger partial charge in [-0.05, 0) is 36.6 Å². The first-order valence-corrected chi connectivity index (χ1v) is 11.0. The third kappa shape index (κ3) is 4.57. The molecule has 0 fully saturated rings. The van der Waals surface area contributed by atoms with Crippen LogP contribution in [0.3, 0.4) is 0 Å². The summed E-state index contributed by atoms with van der Waals surface area (Å²) in [4.78, 5) is 30.4. The molecule has 0 bridgehead atoms. The van der Waals surface area contributed by atoms with E-state index in [2.05, 4.69) is 16.0 Å². The van der Waals surface area contributed by atoms with Gasteiger partial charge < -0.3 is 25.3 Å². The lowest BCUT2D eigenvalue weighted by Gasteiger charge is -2.20. The number of imidazole rings is 1. The smallest absolute Gasteiger partial charge is 0.252 e. The van der Waals surface area contributed by atoms with Gasteiger partial charge >= 0.3 is 0 Å². The minimum atomic E-state index is -0.853. The van der Waals surface area contributed by atoms with Gasteiger partial charge in [0.1, 0.15) is 24.1 Å². The highest BCUT2D eigenvalue weighted by Gasteiger charge is 2.28. The van der Waals surface area contributed by atoms with E-state index in [4.69, 9.17) is 15.1 Å². The fourth-order valence-electron chi connectivity index (χ4n) is 4.20. The number of carbonyl (C=O) groups excluding carboxylic acids is 2. The Morgan fingerprint density at radius 2 is 2.18 bits per heavy atom. The van der Waals surface area contributed by atoms with E-state index >= 15 is 0 Å². The van der Waals surface area contributed by atoms with E-state index < -0.39 is 12.7 Å². The van der Waals surface area contributed by atoms with Gasteiger partial charge in [-0.15, -0.1) is 0 Å². The summed E-state index contributed by atoms with van der Waals surface area (Å²) in [6.45, 7) is -0.0680. The first-order chi connectivity index (χ1) is 16.4. The van der Waals surface area contributed by atoms with Gasteiger partial charge in [-0.25, -0.2) is 9.37 Å². The van der Waals surface area contributed by atoms with E-state index in [0.717, 1.165) is 16.6 Å². The maximum Gasteiger partial charge on any atom is 0.252 e. The second kappa shape index (κ2) is 9.90. The number of carbonyl (C=O) groups is 2. The van der Waals surface area contributed by atoms with Crippen molar-refractivity contribution < 1.29 is 18.7 Å². The van der Waals surface area contributed by atoms with Crippen LogP contribution in [-0.2, 0) is 13.6 Å². The van der Waals surface area contributed by atoms with Crippen LogP contribution in [0.4, 0.5) is 4.39 Å². The Kier molecular flexibility index (Phi) is 6.76. The summed E-state index contributed by atoms with van der Waals surface area (Å²) in [5.41, 5.74) is 3.11. The van der Waals surface area contributed by atoms with Crippen molar-refractivity contribution in [1.82, 2.24) is 25.5 Å². The summed E-state index contributed by atoms with van der Waals surface area (Å²) in [6.07, 6.45) is 1.06. The maximum atomic E-state index is 13.3. The van der Waals surface area contributed by atoms with Crippen LogP contribution in [0.1, 0.15) is 51.0 Å². The molecule has 1 unspecified atom stereocenters. The number of nitrogens with zero attached hydrogens (tertiary/aromatic N) is 2. The van der Waals surface area contributed by atoms with Crippen LogP contribution in [0.2, 0.25) is 0 Å². The lowest BCUT2D eigenvalue weighted by Crippen LogP contribution is -2.33. The number of aryl methyl sites for hydroxylation is 1. The number of aromatic nitrogens is 2. The number of methoxy groups -OCH3 is 1. The van der Waals surface area contributed by atoms with Crippen LogP contribution >= 0.6 is 0 Å². The van der Waals surface area contributed by atoms with Crippen molar-refractivity contribution in [1.29, 1.82) is 5.41 Å². The van der Waals surface area contributed by atoms with Crippen LogP contribution in [0, 0.1) is 5.41 Å². The zero-order chi connectivity index (χ0) is 24.2. The number of hydrogen-bond acceptors (Lipinski definition) is 5. The maximum absolute atomic E-state index is 13.3. The third-order valence-electron chi connectivity index (χ3n) is 5.94. The van der Waals surface area contributed by atoms with E-state index in [9.17, 15) is 14.0 Å². The van der Waals surface area contributed by atoms with E-state index in [1.807, 2.05) is 35.9 Å². The van der Waals surface area contributed by atoms with Crippen molar-refractivity contribution in [3.63, 3.8) is 0 Å². The van der Waals surface area contributed by atoms with Crippen molar-refractivity contribution in [2.24, 2.45) is 7.05 Å². The topological polar surface area (TPSA) is 121 Å². The first-order valence-electron chi connectivity index (χ1n) is 11.0. The SMILES string of the molecule is COc1ccc2c(c1)nc(C(CCCNC(=N)CF)NC(=O)c1cccc3c1C(=O)NC3)n2C. The Labute approximate surface area is 196 Å². The summed E-state index contributed by atoms with van der Waals surface area (Å²) in [7, 11) is 3.46. The Morgan fingerprint density at radius 3 is 2.94 bits per heavy atom. The quantitative estimate of drug-likeness (QED) is 0.219. The van der Waals surface area contributed by atoms with Crippen LogP contribution in [0.25, 0.3) is 11.0 Å². The molecule has 0 radical (unpaired) electrons. The van der Waals surface area contributed by atoms with Gasteiger partial charge in [0.25, 0.3) is 11.8 Å². The zero-order valence-corrected chi connectivity index (χ0v) is 19.1. The monoisotopic (exact) mass is 466 g/mol. The number of amides is 2. The summed E-state index contributed by atoms with van der Waals surface area (Å²) in [6, 6.07) is 10.3. The Morgan fingerprint density at radius 1 is 1.35 bits per heavy atom. The number of alkyl halides is 1. The molecule has 1 aromatic heterocycles. The highest BCUT2D eigenvalue weighted by molar-refractivity contribution is 6.09. The van der Waals surface area contributed by atoms with Crippen LogP contribution in [0.5, 0.6) is 5.75 Å². The molecule has 1 aliphatic heterocycles. The molecule has 3 aromatic rings. The minimum absolute atomic E-state index is 0.179. The molecule has 178 valence electrons. The molecule has 0 aliphatic carbocycles. The number of ether oxygens (including phenoxy) is 1. The van der Waals surface area contributed by atoms with Gasteiger partial charge in [-0.2, -0.15) is 0 Å². The first kappa shape index (κ1) is 23.2. The van der Waals surface area contributed by atoms with Crippen molar-refractivity contribution in [3.05, 3.63) is 58.9 Å². The second-order valence-corrected chi connectivity index (χ2v) is 8.11. The number of nitrogens with one attached hydrogen (secondary N) is 4. The molecule has 2 aromatic carbocycles. The summed E-state index contributed by atoms with van der Waals surface area (Å²) >= 11 is 0. The molecule has 10 heteroatoms. The summed E-state index contributed by atoms with van der Waals surface area (Å²) in [5.74, 6) is 0.516. The lowest BCUT2D eigenvalue weighted by molar-refractivity contribution is 0.0912. The number of hydrogen-bond donors (Lipinski definition) is 4. The van der Waals surface area contributed by atoms with E-state index in [1.165, 1.54) is 0 Å². The molecule has 1 aliphatic rings. The second-order valence-electron chi connectivity index (χ2n) is 8.11. The van der Waals surface area contributed by atoms with Crippen LogP contribution < -0.4 is 20.7 Å². The normalized spacial score (nSPS) is 13.3. The number of benzene rings is 2. The average Bonchev–Trinajstić information content (AvgIpc) is 3.39. The number of amidine groups is 1. The molecule has 0 saturated carbocycles. The van der Waals surface area contributed by atoms with Gasteiger partial charge in [0, 0.05) is 26.2 Å². The fraction of sp³-hybridized carbons (Fsp3) is 0.333. The molecule has 34 heavy (non-hydrogen) atoms. The molecule has 4 rings (SSSR count). The predicted octanol–water partition coefficient (Wildman–Crippen LogP) is 2.61. The molecule has 0 saturated heterocycles. The Balaban J connectivity index is 1.62. The minimum Gasteiger partial charge on any atom is -0.497 e. The standard InChI is InChI=1S/C24H27FN6O3/c1-31-19-9-8-15(34-2)11-18(19)29-22(31)17(7-4-10-27-20(26)12-25)30-23(32)16-6-3-5-14-13-28-24(33)21(14)16/h3,5-6,8-9,11,17H,4,7,10,12-13H2,1-2H3,(H2,26,27)(H,28,33)(H,30,32). The van der Waals surface area contributed by atoms with E-state index in [0.29, 0.717) is 48.6 Å². The van der Waals surface area contributed by atoms with Crippen molar-refractivity contribution in [2.75, 3.05) is 20.3 Å². The highest BCUT2D eigenvalue weighted by Crippen LogP contribution is 2.27. The van der Waals surface area contributed by atoms with Gasteiger partial charge in [0.2, 0.25) is 0 Å². The molecule has 1 atom stereocenters. The number of halogens is 1. The van der Waals surface area contributed by atoms with Gasteiger partial charge in [-0.1, -0.05) is 12.1 Å².